The van der Waals surface area contributed by atoms with E-state index in [0.717, 1.165) is 38.5 Å². The first kappa shape index (κ1) is 48.5. The van der Waals surface area contributed by atoms with Gasteiger partial charge in [0.15, 0.2) is 0 Å². The van der Waals surface area contributed by atoms with Gasteiger partial charge in [-0.15, -0.1) is 0 Å². The van der Waals surface area contributed by atoms with E-state index in [9.17, 15) is 24.5 Å². The van der Waals surface area contributed by atoms with Gasteiger partial charge in [-0.25, -0.2) is 4.57 Å². The summed E-state index contributed by atoms with van der Waals surface area (Å²) in [6.07, 6.45) is 32.9. The monoisotopic (exact) mass is 721 g/mol. The second kappa shape index (κ2) is 35.8. The van der Waals surface area contributed by atoms with Gasteiger partial charge in [0.25, 0.3) is 0 Å². The highest BCUT2D eigenvalue weighted by molar-refractivity contribution is 7.47. The van der Waals surface area contributed by atoms with Gasteiger partial charge in [-0.3, -0.25) is 13.8 Å². The molecule has 0 aromatic carbocycles. The molecule has 0 aromatic rings. The Labute approximate surface area is 302 Å². The Kier molecular flexibility index (Phi) is 35.4. The van der Waals surface area contributed by atoms with Crippen LogP contribution in [-0.2, 0) is 18.4 Å². The third kappa shape index (κ3) is 34.3. The largest absolute Gasteiger partial charge is 0.472 e. The van der Waals surface area contributed by atoms with E-state index in [-0.39, 0.29) is 26.2 Å². The van der Waals surface area contributed by atoms with Crippen LogP contribution >= 0.6 is 7.82 Å². The topological polar surface area (TPSA) is 151 Å². The van der Waals surface area contributed by atoms with Crippen LogP contribution in [-0.4, -0.2) is 59.0 Å². The SMILES string of the molecule is CCCCCCCCCCCCCCCCCCCC(O)C(COP(=O)(O)OCCN)NC(=O)CC(O)CCCCCCCCCCCC. The van der Waals surface area contributed by atoms with Gasteiger partial charge in [-0.1, -0.05) is 187 Å². The van der Waals surface area contributed by atoms with Crippen molar-refractivity contribution < 1.29 is 33.5 Å². The van der Waals surface area contributed by atoms with Gasteiger partial charge >= 0.3 is 7.82 Å². The molecule has 0 radical (unpaired) electrons. The van der Waals surface area contributed by atoms with Crippen molar-refractivity contribution in [2.75, 3.05) is 19.8 Å². The lowest BCUT2D eigenvalue weighted by Crippen LogP contribution is -2.47. The predicted molar refractivity (Wildman–Crippen MR) is 205 cm³/mol. The van der Waals surface area contributed by atoms with Gasteiger partial charge in [0.05, 0.1) is 37.9 Å². The molecule has 0 aliphatic heterocycles. The molecule has 0 spiro atoms. The summed E-state index contributed by atoms with van der Waals surface area (Å²) >= 11 is 0. The standard InChI is InChI=1S/C39H81N2O7P/c1-3-5-7-9-11-13-15-16-17-18-19-20-21-23-25-27-29-31-38(43)37(35-48-49(45,46)47-33-32-40)41-39(44)34-36(42)30-28-26-24-22-14-12-10-8-6-4-2/h36-38,42-43H,3-35,40H2,1-2H3,(H,41,44)(H,45,46). The summed E-state index contributed by atoms with van der Waals surface area (Å²) in [5, 5.41) is 24.1. The molecule has 6 N–H and O–H groups in total. The van der Waals surface area contributed by atoms with E-state index in [1.807, 2.05) is 0 Å². The molecule has 0 aliphatic rings. The molecule has 0 aromatic heterocycles. The van der Waals surface area contributed by atoms with Crippen molar-refractivity contribution in [3.63, 3.8) is 0 Å². The average Bonchev–Trinajstić information content (AvgIpc) is 3.07. The fourth-order valence-electron chi connectivity index (χ4n) is 6.36. The third-order valence-electron chi connectivity index (χ3n) is 9.52. The molecule has 4 atom stereocenters. The Morgan fingerprint density at radius 3 is 1.37 bits per heavy atom. The number of phosphoric ester groups is 1. The lowest BCUT2D eigenvalue weighted by atomic mass is 10.0. The van der Waals surface area contributed by atoms with E-state index in [1.165, 1.54) is 135 Å². The van der Waals surface area contributed by atoms with Gasteiger partial charge < -0.3 is 26.2 Å². The second-order valence-electron chi connectivity index (χ2n) is 14.4. The lowest BCUT2D eigenvalue weighted by Gasteiger charge is -2.25. The molecule has 49 heavy (non-hydrogen) atoms. The number of rotatable bonds is 39. The Bertz CT molecular complexity index is 761. The number of nitrogens with one attached hydrogen (secondary N) is 1. The zero-order valence-electron chi connectivity index (χ0n) is 32.1. The van der Waals surface area contributed by atoms with Gasteiger partial charge in [0.1, 0.15) is 0 Å². The maximum absolute atomic E-state index is 12.8. The minimum Gasteiger partial charge on any atom is -0.393 e. The van der Waals surface area contributed by atoms with Crippen LogP contribution in [0.15, 0.2) is 0 Å². The summed E-state index contributed by atoms with van der Waals surface area (Å²) in [4.78, 5) is 22.7. The summed E-state index contributed by atoms with van der Waals surface area (Å²) in [7, 11) is -4.36. The number of nitrogens with two attached hydrogens (primary N) is 1. The minimum atomic E-state index is -4.36. The first-order valence-corrected chi connectivity index (χ1v) is 22.2. The molecule has 9 nitrogen and oxygen atoms in total. The van der Waals surface area contributed by atoms with Crippen LogP contribution in [0.2, 0.25) is 0 Å². The number of carbonyl (C=O) groups is 1. The van der Waals surface area contributed by atoms with Gasteiger partial charge in [-0.05, 0) is 12.8 Å². The van der Waals surface area contributed by atoms with E-state index in [2.05, 4.69) is 19.2 Å². The molecular weight excluding hydrogens is 639 g/mol. The number of hydrogen-bond acceptors (Lipinski definition) is 7. The number of aliphatic hydroxyl groups is 2. The first-order valence-electron chi connectivity index (χ1n) is 20.7. The quantitative estimate of drug-likeness (QED) is 0.0311. The van der Waals surface area contributed by atoms with Crippen LogP contribution in [0.5, 0.6) is 0 Å². The van der Waals surface area contributed by atoms with Crippen LogP contribution in [0.4, 0.5) is 0 Å². The highest BCUT2D eigenvalue weighted by Crippen LogP contribution is 2.43. The number of hydrogen-bond donors (Lipinski definition) is 5. The minimum absolute atomic E-state index is 0.0624. The summed E-state index contributed by atoms with van der Waals surface area (Å²) in [6, 6.07) is -0.889. The Balaban J connectivity index is 4.27. The van der Waals surface area contributed by atoms with Crippen LogP contribution in [0.1, 0.15) is 206 Å². The maximum atomic E-state index is 12.8. The summed E-state index contributed by atoms with van der Waals surface area (Å²) in [5.41, 5.74) is 5.36. The van der Waals surface area contributed by atoms with E-state index in [1.54, 1.807) is 0 Å². The van der Waals surface area contributed by atoms with Gasteiger partial charge in [0, 0.05) is 6.54 Å². The smallest absolute Gasteiger partial charge is 0.393 e. The van der Waals surface area contributed by atoms with E-state index < -0.39 is 32.0 Å². The molecule has 0 saturated heterocycles. The Morgan fingerprint density at radius 2 is 0.980 bits per heavy atom. The first-order chi connectivity index (χ1) is 23.8. The van der Waals surface area contributed by atoms with E-state index >= 15 is 0 Å². The van der Waals surface area contributed by atoms with Crippen LogP contribution in [0, 0.1) is 0 Å². The molecule has 1 amide bonds. The van der Waals surface area contributed by atoms with Crippen LogP contribution in [0.3, 0.4) is 0 Å². The van der Waals surface area contributed by atoms with Crippen molar-refractivity contribution >= 4 is 13.7 Å². The normalized spacial score (nSPS) is 14.8. The van der Waals surface area contributed by atoms with Gasteiger partial charge in [-0.2, -0.15) is 0 Å². The summed E-state index contributed by atoms with van der Waals surface area (Å²) in [5.74, 6) is -0.412. The Hall–Kier alpha value is -0.540. The molecule has 10 heteroatoms. The number of carbonyl (C=O) groups excluding carboxylic acids is 1. The zero-order chi connectivity index (χ0) is 36.3. The average molecular weight is 721 g/mol. The van der Waals surface area contributed by atoms with Crippen LogP contribution < -0.4 is 11.1 Å². The second-order valence-corrected chi connectivity index (χ2v) is 15.9. The van der Waals surface area contributed by atoms with Crippen molar-refractivity contribution in [3.8, 4) is 0 Å². The molecule has 0 saturated carbocycles. The predicted octanol–water partition coefficient (Wildman–Crippen LogP) is 10.0. The third-order valence-corrected chi connectivity index (χ3v) is 10.5. The van der Waals surface area contributed by atoms with E-state index in [4.69, 9.17) is 14.8 Å². The lowest BCUT2D eigenvalue weighted by molar-refractivity contribution is -0.125. The highest BCUT2D eigenvalue weighted by atomic mass is 31.2. The maximum Gasteiger partial charge on any atom is 0.472 e. The number of phosphoric acid groups is 1. The van der Waals surface area contributed by atoms with E-state index in [0.29, 0.717) is 12.8 Å². The van der Waals surface area contributed by atoms with Crippen molar-refractivity contribution in [2.24, 2.45) is 5.73 Å². The van der Waals surface area contributed by atoms with Gasteiger partial charge in [0.2, 0.25) is 5.91 Å². The highest BCUT2D eigenvalue weighted by Gasteiger charge is 2.28. The molecular formula is C39H81N2O7P. The molecule has 0 rings (SSSR count). The van der Waals surface area contributed by atoms with Crippen molar-refractivity contribution in [3.05, 3.63) is 0 Å². The summed E-state index contributed by atoms with van der Waals surface area (Å²) < 4.78 is 22.1. The van der Waals surface area contributed by atoms with Crippen molar-refractivity contribution in [1.29, 1.82) is 0 Å². The fraction of sp³-hybridized carbons (Fsp3) is 0.974. The number of amides is 1. The molecule has 0 aliphatic carbocycles. The number of aliphatic hydroxyl groups excluding tert-OH is 2. The van der Waals surface area contributed by atoms with Crippen LogP contribution in [0.25, 0.3) is 0 Å². The fourth-order valence-corrected chi connectivity index (χ4v) is 7.12. The zero-order valence-corrected chi connectivity index (χ0v) is 33.0. The van der Waals surface area contributed by atoms with Crippen molar-refractivity contribution in [1.82, 2.24) is 5.32 Å². The molecule has 294 valence electrons. The van der Waals surface area contributed by atoms with Crippen molar-refractivity contribution in [2.45, 2.75) is 225 Å². The summed E-state index contributed by atoms with van der Waals surface area (Å²) in [6.45, 7) is 4.04. The molecule has 4 unspecified atom stereocenters. The Morgan fingerprint density at radius 1 is 0.612 bits per heavy atom. The molecule has 0 heterocycles. The molecule has 0 fully saturated rings. The molecule has 0 bridgehead atoms. The number of unbranched alkanes of at least 4 members (excludes halogenated alkanes) is 25.